The van der Waals surface area contributed by atoms with E-state index in [-0.39, 0.29) is 5.75 Å². The van der Waals surface area contributed by atoms with Crippen molar-refractivity contribution in [3.05, 3.63) is 48.5 Å². The Morgan fingerprint density at radius 1 is 0.929 bits per heavy atom. The first-order valence-corrected chi connectivity index (χ1v) is 8.19. The Kier molecular flexibility index (Phi) is 7.55. The molecule has 0 aromatic heterocycles. The molecule has 0 bridgehead atoms. The van der Waals surface area contributed by atoms with E-state index in [4.69, 9.17) is 14.2 Å². The molecular formula is C19H19F2NO6. The van der Waals surface area contributed by atoms with Crippen LogP contribution in [0.25, 0.3) is 0 Å². The Balaban J connectivity index is 1.76. The second kappa shape index (κ2) is 10.1. The van der Waals surface area contributed by atoms with Crippen LogP contribution < -0.4 is 19.5 Å². The van der Waals surface area contributed by atoms with Crippen LogP contribution in [0.1, 0.15) is 6.92 Å². The average Bonchev–Trinajstić information content (AvgIpc) is 2.67. The lowest BCUT2D eigenvalue weighted by Crippen LogP contribution is -2.29. The highest BCUT2D eigenvalue weighted by atomic mass is 19.3. The number of carbonyl (C=O) groups is 2. The molecule has 0 aliphatic carbocycles. The number of rotatable bonds is 9. The maximum absolute atomic E-state index is 12.1. The van der Waals surface area contributed by atoms with E-state index >= 15 is 0 Å². The molecule has 2 aromatic carbocycles. The Bertz CT molecular complexity index is 780. The van der Waals surface area contributed by atoms with Crippen LogP contribution in [-0.4, -0.2) is 38.3 Å². The standard InChI is InChI=1S/C19H19F2NO6/c1-12(27-15-9-7-14(25-2)8-10-15)18(24)26-11-17(23)22-13-3-5-16(6-4-13)28-19(20)21/h3-10,12,19H,11H2,1-2H3,(H,22,23). The molecule has 1 amide bonds. The maximum atomic E-state index is 12.1. The molecule has 1 unspecified atom stereocenters. The summed E-state index contributed by atoms with van der Waals surface area (Å²) >= 11 is 0. The van der Waals surface area contributed by atoms with Gasteiger partial charge in [-0.15, -0.1) is 0 Å². The minimum Gasteiger partial charge on any atom is -0.497 e. The predicted molar refractivity (Wildman–Crippen MR) is 95.7 cm³/mol. The summed E-state index contributed by atoms with van der Waals surface area (Å²) in [5.41, 5.74) is 0.338. The number of anilines is 1. The molecule has 9 heteroatoms. The molecule has 0 saturated carbocycles. The third kappa shape index (κ3) is 6.75. The summed E-state index contributed by atoms with van der Waals surface area (Å²) in [6.45, 7) is -1.96. The monoisotopic (exact) mass is 395 g/mol. The summed E-state index contributed by atoms with van der Waals surface area (Å²) in [6, 6.07) is 11.9. The van der Waals surface area contributed by atoms with Gasteiger partial charge in [0.25, 0.3) is 5.91 Å². The van der Waals surface area contributed by atoms with E-state index in [1.54, 1.807) is 24.3 Å². The van der Waals surface area contributed by atoms with E-state index in [1.807, 2.05) is 0 Å². The highest BCUT2D eigenvalue weighted by Gasteiger charge is 2.18. The number of hydrogen-bond acceptors (Lipinski definition) is 6. The van der Waals surface area contributed by atoms with Gasteiger partial charge in [-0.1, -0.05) is 0 Å². The topological polar surface area (TPSA) is 83.1 Å². The lowest BCUT2D eigenvalue weighted by Gasteiger charge is -2.14. The molecule has 0 fully saturated rings. The van der Waals surface area contributed by atoms with Crippen molar-refractivity contribution in [1.82, 2.24) is 0 Å². The van der Waals surface area contributed by atoms with Crippen LogP contribution in [0, 0.1) is 0 Å². The molecule has 1 atom stereocenters. The lowest BCUT2D eigenvalue weighted by molar-refractivity contribution is -0.153. The number of amides is 1. The van der Waals surface area contributed by atoms with Gasteiger partial charge in [-0.25, -0.2) is 4.79 Å². The van der Waals surface area contributed by atoms with Gasteiger partial charge in [-0.3, -0.25) is 4.79 Å². The van der Waals surface area contributed by atoms with Gasteiger partial charge in [-0.05, 0) is 55.5 Å². The quantitative estimate of drug-likeness (QED) is 0.657. The molecule has 7 nitrogen and oxygen atoms in total. The third-order valence-corrected chi connectivity index (χ3v) is 3.41. The Morgan fingerprint density at radius 3 is 2.04 bits per heavy atom. The Labute approximate surface area is 160 Å². The molecule has 0 heterocycles. The predicted octanol–water partition coefficient (Wildman–Crippen LogP) is 3.25. The molecule has 0 aliphatic heterocycles. The number of benzene rings is 2. The van der Waals surface area contributed by atoms with Gasteiger partial charge in [0.2, 0.25) is 0 Å². The number of ether oxygens (including phenoxy) is 4. The van der Waals surface area contributed by atoms with Gasteiger partial charge in [0.05, 0.1) is 7.11 Å². The molecule has 28 heavy (non-hydrogen) atoms. The van der Waals surface area contributed by atoms with Crippen molar-refractivity contribution < 1.29 is 37.3 Å². The number of hydrogen-bond donors (Lipinski definition) is 1. The molecule has 0 aliphatic rings. The number of nitrogens with one attached hydrogen (secondary N) is 1. The minimum atomic E-state index is -2.93. The second-order valence-electron chi connectivity index (χ2n) is 5.49. The van der Waals surface area contributed by atoms with Crippen molar-refractivity contribution in [2.45, 2.75) is 19.6 Å². The van der Waals surface area contributed by atoms with Gasteiger partial charge in [0, 0.05) is 5.69 Å². The maximum Gasteiger partial charge on any atom is 0.387 e. The lowest BCUT2D eigenvalue weighted by atomic mass is 10.3. The molecule has 0 spiro atoms. The summed E-state index contributed by atoms with van der Waals surface area (Å²) in [5.74, 6) is -0.253. The van der Waals surface area contributed by atoms with E-state index in [1.165, 1.54) is 38.3 Å². The number of esters is 1. The third-order valence-electron chi connectivity index (χ3n) is 3.41. The van der Waals surface area contributed by atoms with E-state index in [9.17, 15) is 18.4 Å². The zero-order chi connectivity index (χ0) is 20.5. The number of halogens is 2. The highest BCUT2D eigenvalue weighted by Crippen LogP contribution is 2.19. The van der Waals surface area contributed by atoms with Crippen molar-refractivity contribution in [3.8, 4) is 17.2 Å². The first-order chi connectivity index (χ1) is 13.4. The average molecular weight is 395 g/mol. The molecular weight excluding hydrogens is 376 g/mol. The fourth-order valence-corrected chi connectivity index (χ4v) is 2.08. The second-order valence-corrected chi connectivity index (χ2v) is 5.49. The van der Waals surface area contributed by atoms with Gasteiger partial charge >= 0.3 is 12.6 Å². The van der Waals surface area contributed by atoms with E-state index in [0.717, 1.165) is 0 Å². The van der Waals surface area contributed by atoms with Crippen LogP contribution in [0.15, 0.2) is 48.5 Å². The Morgan fingerprint density at radius 2 is 1.46 bits per heavy atom. The number of methoxy groups -OCH3 is 1. The normalized spacial score (nSPS) is 11.5. The van der Waals surface area contributed by atoms with E-state index in [2.05, 4.69) is 10.1 Å². The van der Waals surface area contributed by atoms with Gasteiger partial charge in [-0.2, -0.15) is 8.78 Å². The summed E-state index contributed by atoms with van der Waals surface area (Å²) in [5, 5.41) is 2.47. The van der Waals surface area contributed by atoms with Crippen LogP contribution in [0.4, 0.5) is 14.5 Å². The zero-order valence-electron chi connectivity index (χ0n) is 15.2. The van der Waals surface area contributed by atoms with Gasteiger partial charge < -0.3 is 24.3 Å². The first-order valence-electron chi connectivity index (χ1n) is 8.19. The molecule has 2 aromatic rings. The summed E-state index contributed by atoms with van der Waals surface area (Å²) in [7, 11) is 1.53. The summed E-state index contributed by atoms with van der Waals surface area (Å²) in [6.07, 6.45) is -0.924. The zero-order valence-corrected chi connectivity index (χ0v) is 15.2. The van der Waals surface area contributed by atoms with Crippen LogP contribution in [-0.2, 0) is 14.3 Å². The first kappa shape index (κ1) is 20.9. The largest absolute Gasteiger partial charge is 0.497 e. The summed E-state index contributed by atoms with van der Waals surface area (Å²) < 4.78 is 43.7. The number of carbonyl (C=O) groups excluding carboxylic acids is 2. The highest BCUT2D eigenvalue weighted by molar-refractivity contribution is 5.93. The van der Waals surface area contributed by atoms with Crippen LogP contribution in [0.3, 0.4) is 0 Å². The summed E-state index contributed by atoms with van der Waals surface area (Å²) in [4.78, 5) is 23.8. The van der Waals surface area contributed by atoms with Crippen molar-refractivity contribution in [1.29, 1.82) is 0 Å². The molecule has 1 N–H and O–H groups in total. The number of alkyl halides is 2. The molecule has 0 radical (unpaired) electrons. The Hall–Kier alpha value is -3.36. The van der Waals surface area contributed by atoms with Crippen molar-refractivity contribution >= 4 is 17.6 Å². The molecule has 0 saturated heterocycles. The smallest absolute Gasteiger partial charge is 0.387 e. The van der Waals surface area contributed by atoms with Crippen molar-refractivity contribution in [3.63, 3.8) is 0 Å². The SMILES string of the molecule is COc1ccc(OC(C)C(=O)OCC(=O)Nc2ccc(OC(F)F)cc2)cc1. The van der Waals surface area contributed by atoms with Gasteiger partial charge in [0.15, 0.2) is 12.7 Å². The van der Waals surface area contributed by atoms with Crippen LogP contribution in [0.2, 0.25) is 0 Å². The molecule has 2 rings (SSSR count). The van der Waals surface area contributed by atoms with Crippen LogP contribution >= 0.6 is 0 Å². The minimum absolute atomic E-state index is 0.0380. The van der Waals surface area contributed by atoms with Crippen molar-refractivity contribution in [2.75, 3.05) is 19.0 Å². The molecule has 150 valence electrons. The van der Waals surface area contributed by atoms with Gasteiger partial charge in [0.1, 0.15) is 17.2 Å². The van der Waals surface area contributed by atoms with E-state index in [0.29, 0.717) is 17.2 Å². The van der Waals surface area contributed by atoms with Crippen molar-refractivity contribution in [2.24, 2.45) is 0 Å². The van der Waals surface area contributed by atoms with E-state index < -0.39 is 31.2 Å². The van der Waals surface area contributed by atoms with Crippen LogP contribution in [0.5, 0.6) is 17.2 Å². The fraction of sp³-hybridized carbons (Fsp3) is 0.263. The fourth-order valence-electron chi connectivity index (χ4n) is 2.08.